The first-order valence-electron chi connectivity index (χ1n) is 4.02. The number of nitrogens with zero attached hydrogens (tertiary/aromatic N) is 1. The first-order chi connectivity index (χ1) is 5.84. The summed E-state index contributed by atoms with van der Waals surface area (Å²) in [5.74, 6) is 0.177. The van der Waals surface area contributed by atoms with Gasteiger partial charge in [0, 0.05) is 30.5 Å². The predicted octanol–water partition coefficient (Wildman–Crippen LogP) is 0.964. The van der Waals surface area contributed by atoms with Gasteiger partial charge in [-0.15, -0.1) is 11.3 Å². The average molecular weight is 182 g/mol. The number of carbonyl (C=O) groups is 1. The standard InChI is InChI=1S/C8H10N2OS/c11-7-2-1-6(10-7)5-8-9-3-4-12-8/h3-4,6H,1-2,5H2,(H,10,11). The molecule has 1 fully saturated rings. The fourth-order valence-corrected chi connectivity index (χ4v) is 2.09. The number of aromatic nitrogens is 1. The molecule has 1 aliphatic rings. The monoisotopic (exact) mass is 182 g/mol. The Morgan fingerprint density at radius 2 is 2.67 bits per heavy atom. The van der Waals surface area contributed by atoms with Crippen LogP contribution < -0.4 is 5.32 Å². The lowest BCUT2D eigenvalue weighted by molar-refractivity contribution is -0.119. The number of thiazole rings is 1. The van der Waals surface area contributed by atoms with Crippen LogP contribution in [0.15, 0.2) is 11.6 Å². The molecule has 0 radical (unpaired) electrons. The van der Waals surface area contributed by atoms with E-state index in [-0.39, 0.29) is 5.91 Å². The maximum Gasteiger partial charge on any atom is 0.220 e. The van der Waals surface area contributed by atoms with Crippen LogP contribution in [0.2, 0.25) is 0 Å². The minimum Gasteiger partial charge on any atom is -0.353 e. The predicted molar refractivity (Wildman–Crippen MR) is 47.0 cm³/mol. The molecule has 1 N–H and O–H groups in total. The Labute approximate surface area is 74.8 Å². The Kier molecular flexibility index (Phi) is 2.08. The molecule has 0 saturated carbocycles. The molecule has 4 heteroatoms. The zero-order valence-electron chi connectivity index (χ0n) is 6.62. The highest BCUT2D eigenvalue weighted by Crippen LogP contribution is 2.14. The molecule has 1 unspecified atom stereocenters. The van der Waals surface area contributed by atoms with Gasteiger partial charge < -0.3 is 5.32 Å². The Balaban J connectivity index is 1.92. The van der Waals surface area contributed by atoms with E-state index in [9.17, 15) is 4.79 Å². The SMILES string of the molecule is O=C1CCC(Cc2nccs2)N1. The summed E-state index contributed by atoms with van der Waals surface area (Å²) in [6, 6.07) is 0.323. The molecule has 1 aromatic rings. The first kappa shape index (κ1) is 7.73. The van der Waals surface area contributed by atoms with Crippen molar-refractivity contribution in [3.63, 3.8) is 0 Å². The van der Waals surface area contributed by atoms with Gasteiger partial charge in [-0.3, -0.25) is 4.79 Å². The van der Waals surface area contributed by atoms with E-state index in [2.05, 4.69) is 10.3 Å². The van der Waals surface area contributed by atoms with Crippen LogP contribution in [0.5, 0.6) is 0 Å². The number of hydrogen-bond acceptors (Lipinski definition) is 3. The van der Waals surface area contributed by atoms with Crippen LogP contribution in [0.3, 0.4) is 0 Å². The number of carbonyl (C=O) groups excluding carboxylic acids is 1. The molecule has 2 heterocycles. The fraction of sp³-hybridized carbons (Fsp3) is 0.500. The van der Waals surface area contributed by atoms with Crippen molar-refractivity contribution in [2.24, 2.45) is 0 Å². The third-order valence-electron chi connectivity index (χ3n) is 1.99. The molecule has 1 aliphatic heterocycles. The highest BCUT2D eigenvalue weighted by molar-refractivity contribution is 7.09. The van der Waals surface area contributed by atoms with E-state index >= 15 is 0 Å². The summed E-state index contributed by atoms with van der Waals surface area (Å²) >= 11 is 1.65. The zero-order valence-corrected chi connectivity index (χ0v) is 7.43. The number of amides is 1. The van der Waals surface area contributed by atoms with Crippen LogP contribution in [0, 0.1) is 0 Å². The molecule has 1 saturated heterocycles. The second-order valence-corrected chi connectivity index (χ2v) is 3.91. The van der Waals surface area contributed by atoms with Crippen molar-refractivity contribution in [2.75, 3.05) is 0 Å². The maximum atomic E-state index is 10.9. The minimum absolute atomic E-state index is 0.177. The van der Waals surface area contributed by atoms with Crippen molar-refractivity contribution in [3.05, 3.63) is 16.6 Å². The highest BCUT2D eigenvalue weighted by atomic mass is 32.1. The molecule has 1 aromatic heterocycles. The van der Waals surface area contributed by atoms with E-state index in [0.29, 0.717) is 12.5 Å². The molecule has 1 atom stereocenters. The van der Waals surface area contributed by atoms with Crippen molar-refractivity contribution in [1.82, 2.24) is 10.3 Å². The lowest BCUT2D eigenvalue weighted by atomic mass is 10.2. The molecule has 64 valence electrons. The summed E-state index contributed by atoms with van der Waals surface area (Å²) in [6.07, 6.45) is 4.33. The summed E-state index contributed by atoms with van der Waals surface area (Å²) in [5, 5.41) is 6.00. The van der Waals surface area contributed by atoms with Gasteiger partial charge in [0.1, 0.15) is 0 Å². The van der Waals surface area contributed by atoms with Crippen LogP contribution in [-0.4, -0.2) is 16.9 Å². The van der Waals surface area contributed by atoms with E-state index in [1.807, 2.05) is 5.38 Å². The molecule has 3 nitrogen and oxygen atoms in total. The topological polar surface area (TPSA) is 42.0 Å². The third kappa shape index (κ3) is 1.64. The van der Waals surface area contributed by atoms with Gasteiger partial charge in [0.15, 0.2) is 0 Å². The first-order valence-corrected chi connectivity index (χ1v) is 4.90. The summed E-state index contributed by atoms with van der Waals surface area (Å²) in [6.45, 7) is 0. The number of nitrogens with one attached hydrogen (secondary N) is 1. The van der Waals surface area contributed by atoms with E-state index < -0.39 is 0 Å². The molecule has 0 spiro atoms. The van der Waals surface area contributed by atoms with E-state index in [1.165, 1.54) is 0 Å². The van der Waals surface area contributed by atoms with Crippen LogP contribution in [0.25, 0.3) is 0 Å². The Bertz CT molecular complexity index is 271. The van der Waals surface area contributed by atoms with Crippen molar-refractivity contribution < 1.29 is 4.79 Å². The molecular formula is C8H10N2OS. The van der Waals surface area contributed by atoms with Crippen LogP contribution in [-0.2, 0) is 11.2 Å². The van der Waals surface area contributed by atoms with E-state index in [4.69, 9.17) is 0 Å². The lowest BCUT2D eigenvalue weighted by Crippen LogP contribution is -2.27. The largest absolute Gasteiger partial charge is 0.353 e. The van der Waals surface area contributed by atoms with Gasteiger partial charge in [-0.2, -0.15) is 0 Å². The Hall–Kier alpha value is -0.900. The second kappa shape index (κ2) is 3.23. The highest BCUT2D eigenvalue weighted by Gasteiger charge is 2.21. The Morgan fingerprint density at radius 3 is 3.25 bits per heavy atom. The smallest absolute Gasteiger partial charge is 0.220 e. The zero-order chi connectivity index (χ0) is 8.39. The van der Waals surface area contributed by atoms with Crippen molar-refractivity contribution in [1.29, 1.82) is 0 Å². The molecule has 12 heavy (non-hydrogen) atoms. The third-order valence-corrected chi connectivity index (χ3v) is 2.79. The van der Waals surface area contributed by atoms with E-state index in [0.717, 1.165) is 17.8 Å². The fourth-order valence-electron chi connectivity index (χ4n) is 1.39. The maximum absolute atomic E-state index is 10.9. The molecule has 0 aliphatic carbocycles. The van der Waals surface area contributed by atoms with E-state index in [1.54, 1.807) is 17.5 Å². The summed E-state index contributed by atoms with van der Waals surface area (Å²) in [5.41, 5.74) is 0. The van der Waals surface area contributed by atoms with Crippen LogP contribution in [0.4, 0.5) is 0 Å². The van der Waals surface area contributed by atoms with Gasteiger partial charge in [0.05, 0.1) is 5.01 Å². The average Bonchev–Trinajstić information content (AvgIpc) is 2.63. The van der Waals surface area contributed by atoms with Crippen molar-refractivity contribution in [3.8, 4) is 0 Å². The van der Waals surface area contributed by atoms with Gasteiger partial charge in [-0.1, -0.05) is 0 Å². The normalized spacial score (nSPS) is 22.7. The van der Waals surface area contributed by atoms with Gasteiger partial charge in [0.25, 0.3) is 0 Å². The van der Waals surface area contributed by atoms with Gasteiger partial charge >= 0.3 is 0 Å². The minimum atomic E-state index is 0.177. The lowest BCUT2D eigenvalue weighted by Gasteiger charge is -2.05. The summed E-state index contributed by atoms with van der Waals surface area (Å²) in [4.78, 5) is 15.0. The van der Waals surface area contributed by atoms with Gasteiger partial charge in [0.2, 0.25) is 5.91 Å². The van der Waals surface area contributed by atoms with Crippen molar-refractivity contribution >= 4 is 17.2 Å². The molecule has 2 rings (SSSR count). The number of hydrogen-bond donors (Lipinski definition) is 1. The quantitative estimate of drug-likeness (QED) is 0.740. The van der Waals surface area contributed by atoms with Crippen LogP contribution >= 0.6 is 11.3 Å². The Morgan fingerprint density at radius 1 is 1.75 bits per heavy atom. The second-order valence-electron chi connectivity index (χ2n) is 2.93. The van der Waals surface area contributed by atoms with Crippen LogP contribution in [0.1, 0.15) is 17.8 Å². The summed E-state index contributed by atoms with van der Waals surface area (Å²) < 4.78 is 0. The summed E-state index contributed by atoms with van der Waals surface area (Å²) in [7, 11) is 0. The number of rotatable bonds is 2. The molecular weight excluding hydrogens is 172 g/mol. The molecule has 0 bridgehead atoms. The van der Waals surface area contributed by atoms with Crippen molar-refractivity contribution in [2.45, 2.75) is 25.3 Å². The van der Waals surface area contributed by atoms with Gasteiger partial charge in [-0.25, -0.2) is 4.98 Å². The molecule has 1 amide bonds. The van der Waals surface area contributed by atoms with Gasteiger partial charge in [-0.05, 0) is 6.42 Å². The molecule has 0 aromatic carbocycles.